The van der Waals surface area contributed by atoms with E-state index in [0.29, 0.717) is 48.6 Å². The highest BCUT2D eigenvalue weighted by atomic mass is 32.1. The van der Waals surface area contributed by atoms with Crippen LogP contribution in [0.25, 0.3) is 20.8 Å². The fraction of sp³-hybridized carbons (Fsp3) is 0.474. The number of aromatic nitrogens is 4. The maximum Gasteiger partial charge on any atom is 0.264 e. The molecule has 5 rings (SSSR count). The maximum atomic E-state index is 13.2. The number of thiazole rings is 1. The molecule has 0 aliphatic carbocycles. The second-order valence-corrected chi connectivity index (χ2v) is 8.29. The fourth-order valence-corrected chi connectivity index (χ4v) is 4.72. The summed E-state index contributed by atoms with van der Waals surface area (Å²) in [5, 5.41) is 7.57. The Kier molecular flexibility index (Phi) is 5.13. The minimum Gasteiger partial charge on any atom is -0.378 e. The minimum atomic E-state index is -0.181. The molecule has 1 atom stereocenters. The summed E-state index contributed by atoms with van der Waals surface area (Å²) in [7, 11) is 0. The smallest absolute Gasteiger partial charge is 0.264 e. The second-order valence-electron chi connectivity index (χ2n) is 7.26. The van der Waals surface area contributed by atoms with E-state index in [9.17, 15) is 4.79 Å². The quantitative estimate of drug-likeness (QED) is 0.590. The van der Waals surface area contributed by atoms with Gasteiger partial charge in [0.15, 0.2) is 0 Å². The molecule has 2 aliphatic rings. The van der Waals surface area contributed by atoms with Crippen molar-refractivity contribution in [2.45, 2.75) is 18.9 Å². The van der Waals surface area contributed by atoms with E-state index >= 15 is 0 Å². The van der Waals surface area contributed by atoms with Gasteiger partial charge in [0.2, 0.25) is 5.95 Å². The van der Waals surface area contributed by atoms with Crippen molar-refractivity contribution in [1.82, 2.24) is 25.3 Å². The third kappa shape index (κ3) is 3.83. The molecule has 1 unspecified atom stereocenters. The van der Waals surface area contributed by atoms with E-state index in [-0.39, 0.29) is 11.6 Å². The highest BCUT2D eigenvalue weighted by Gasteiger charge is 2.23. The van der Waals surface area contributed by atoms with Crippen molar-refractivity contribution in [3.8, 4) is 10.6 Å². The number of pyridine rings is 1. The number of nitrogens with zero attached hydrogens (tertiary/aromatic N) is 4. The van der Waals surface area contributed by atoms with Crippen molar-refractivity contribution in [1.29, 1.82) is 0 Å². The second kappa shape index (κ2) is 8.05. The first-order valence-corrected chi connectivity index (χ1v) is 10.7. The van der Waals surface area contributed by atoms with Crippen molar-refractivity contribution in [2.24, 2.45) is 0 Å². The van der Waals surface area contributed by atoms with Crippen LogP contribution in [0.4, 0.5) is 11.8 Å². The molecule has 2 saturated heterocycles. The van der Waals surface area contributed by atoms with Gasteiger partial charge in [-0.05, 0) is 25.5 Å². The van der Waals surface area contributed by atoms with Gasteiger partial charge in [-0.3, -0.25) is 14.8 Å². The fourth-order valence-electron chi connectivity index (χ4n) is 3.74. The lowest BCUT2D eigenvalue weighted by Crippen LogP contribution is -2.40. The lowest BCUT2D eigenvalue weighted by molar-refractivity contribution is 0.122. The monoisotopic (exact) mass is 413 g/mol. The molecular formula is C19H23N7O2S. The third-order valence-corrected chi connectivity index (χ3v) is 6.31. The maximum absolute atomic E-state index is 13.2. The normalized spacial score (nSPS) is 20.1. The Morgan fingerprint density at radius 3 is 2.97 bits per heavy atom. The van der Waals surface area contributed by atoms with Crippen LogP contribution < -0.4 is 21.1 Å². The molecule has 152 valence electrons. The SMILES string of the molecule is O=c1[nH]c(N2CCOCC2)nc(NC2CCCNC2)c1-c1nc2cnccc2s1. The van der Waals surface area contributed by atoms with Gasteiger partial charge in [0.1, 0.15) is 21.9 Å². The van der Waals surface area contributed by atoms with Gasteiger partial charge in [0, 0.05) is 31.9 Å². The van der Waals surface area contributed by atoms with Gasteiger partial charge in [-0.1, -0.05) is 0 Å². The van der Waals surface area contributed by atoms with E-state index in [1.54, 1.807) is 12.4 Å². The molecule has 0 saturated carbocycles. The van der Waals surface area contributed by atoms with Gasteiger partial charge in [-0.15, -0.1) is 11.3 Å². The molecule has 0 bridgehead atoms. The number of ether oxygens (including phenoxy) is 1. The standard InChI is InChI=1S/C19H23N7O2S/c27-17-15(18-23-13-11-21-5-3-14(13)29-18)16(22-12-2-1-4-20-10-12)24-19(25-17)26-6-8-28-9-7-26/h3,5,11-12,20H,1-2,4,6-10H2,(H2,22,24,25,27). The summed E-state index contributed by atoms with van der Waals surface area (Å²) >= 11 is 1.48. The molecular weight excluding hydrogens is 390 g/mol. The van der Waals surface area contributed by atoms with Crippen LogP contribution in [0, 0.1) is 0 Å². The third-order valence-electron chi connectivity index (χ3n) is 5.26. The van der Waals surface area contributed by atoms with Crippen LogP contribution in [0.2, 0.25) is 0 Å². The molecule has 0 aromatic carbocycles. The zero-order valence-corrected chi connectivity index (χ0v) is 16.8. The molecule has 0 amide bonds. The molecule has 3 aromatic rings. The summed E-state index contributed by atoms with van der Waals surface area (Å²) in [4.78, 5) is 31.8. The highest BCUT2D eigenvalue weighted by Crippen LogP contribution is 2.32. The number of H-pyrrole nitrogens is 1. The first-order valence-electron chi connectivity index (χ1n) is 9.93. The Bertz CT molecular complexity index is 1020. The molecule has 9 nitrogen and oxygen atoms in total. The average molecular weight is 414 g/mol. The van der Waals surface area contributed by atoms with Crippen molar-refractivity contribution >= 4 is 33.3 Å². The van der Waals surface area contributed by atoms with Crippen LogP contribution in [0.15, 0.2) is 23.3 Å². The predicted molar refractivity (Wildman–Crippen MR) is 114 cm³/mol. The number of nitrogens with one attached hydrogen (secondary N) is 3. The van der Waals surface area contributed by atoms with Gasteiger partial charge in [-0.25, -0.2) is 4.98 Å². The van der Waals surface area contributed by atoms with Crippen LogP contribution in [0.1, 0.15) is 12.8 Å². The highest BCUT2D eigenvalue weighted by molar-refractivity contribution is 7.21. The van der Waals surface area contributed by atoms with Crippen LogP contribution in [-0.4, -0.2) is 65.4 Å². The molecule has 29 heavy (non-hydrogen) atoms. The molecule has 3 N–H and O–H groups in total. The predicted octanol–water partition coefficient (Wildman–Crippen LogP) is 1.44. The number of piperidine rings is 1. The van der Waals surface area contributed by atoms with Crippen molar-refractivity contribution in [2.75, 3.05) is 49.6 Å². The molecule has 3 aromatic heterocycles. The Labute approximate surface area is 171 Å². The summed E-state index contributed by atoms with van der Waals surface area (Å²) in [5.74, 6) is 1.17. The van der Waals surface area contributed by atoms with Crippen LogP contribution in [-0.2, 0) is 4.74 Å². The van der Waals surface area contributed by atoms with Crippen molar-refractivity contribution in [3.05, 3.63) is 28.8 Å². The van der Waals surface area contributed by atoms with Crippen LogP contribution >= 0.6 is 11.3 Å². The van der Waals surface area contributed by atoms with E-state index in [1.165, 1.54) is 11.3 Å². The lowest BCUT2D eigenvalue weighted by Gasteiger charge is -2.29. The largest absolute Gasteiger partial charge is 0.378 e. The lowest BCUT2D eigenvalue weighted by atomic mass is 10.1. The zero-order chi connectivity index (χ0) is 19.6. The van der Waals surface area contributed by atoms with Crippen molar-refractivity contribution < 1.29 is 4.74 Å². The summed E-state index contributed by atoms with van der Waals surface area (Å²) in [6.45, 7) is 4.55. The Morgan fingerprint density at radius 2 is 2.17 bits per heavy atom. The summed E-state index contributed by atoms with van der Waals surface area (Å²) in [6.07, 6.45) is 5.59. The summed E-state index contributed by atoms with van der Waals surface area (Å²) < 4.78 is 6.43. The topological polar surface area (TPSA) is 108 Å². The molecule has 2 aliphatic heterocycles. The van der Waals surface area contributed by atoms with E-state index in [4.69, 9.17) is 9.72 Å². The molecule has 0 radical (unpaired) electrons. The van der Waals surface area contributed by atoms with Gasteiger partial charge >= 0.3 is 0 Å². The molecule has 0 spiro atoms. The number of anilines is 2. The van der Waals surface area contributed by atoms with Gasteiger partial charge in [0.05, 0.1) is 24.1 Å². The number of hydrogen-bond acceptors (Lipinski definition) is 9. The zero-order valence-electron chi connectivity index (χ0n) is 16.0. The van der Waals surface area contributed by atoms with E-state index < -0.39 is 0 Å². The van der Waals surface area contributed by atoms with Gasteiger partial charge < -0.3 is 20.3 Å². The number of aromatic amines is 1. The Balaban J connectivity index is 1.58. The molecule has 2 fully saturated rings. The van der Waals surface area contributed by atoms with Crippen LogP contribution in [0.5, 0.6) is 0 Å². The Hall–Kier alpha value is -2.56. The molecule has 10 heteroatoms. The number of fused-ring (bicyclic) bond motifs is 1. The van der Waals surface area contributed by atoms with E-state index in [0.717, 1.165) is 36.1 Å². The van der Waals surface area contributed by atoms with Gasteiger partial charge in [0.25, 0.3) is 5.56 Å². The summed E-state index contributed by atoms with van der Waals surface area (Å²) in [5.41, 5.74) is 1.10. The average Bonchev–Trinajstić information content (AvgIpc) is 3.18. The Morgan fingerprint density at radius 1 is 1.28 bits per heavy atom. The van der Waals surface area contributed by atoms with E-state index in [2.05, 4.69) is 30.5 Å². The van der Waals surface area contributed by atoms with E-state index in [1.807, 2.05) is 6.07 Å². The minimum absolute atomic E-state index is 0.181. The number of hydrogen-bond donors (Lipinski definition) is 3. The first-order chi connectivity index (χ1) is 14.3. The summed E-state index contributed by atoms with van der Waals surface area (Å²) in [6, 6.07) is 2.14. The number of morpholine rings is 1. The number of rotatable bonds is 4. The van der Waals surface area contributed by atoms with Gasteiger partial charge in [-0.2, -0.15) is 4.98 Å². The van der Waals surface area contributed by atoms with Crippen molar-refractivity contribution in [3.63, 3.8) is 0 Å². The molecule has 5 heterocycles. The first kappa shape index (κ1) is 18.5. The van der Waals surface area contributed by atoms with Crippen LogP contribution in [0.3, 0.4) is 0 Å².